The van der Waals surface area contributed by atoms with Crippen molar-refractivity contribution in [2.24, 2.45) is 0 Å². The Morgan fingerprint density at radius 2 is 1.62 bits per heavy atom. The molecule has 1 rings (SSSR count). The SMILES string of the molecule is O=C(O)CC(NC(=O)CCC(=O)c1ccccc1)C(=O)O. The van der Waals surface area contributed by atoms with E-state index in [9.17, 15) is 19.2 Å². The molecule has 0 fully saturated rings. The predicted octanol–water partition coefficient (Wildman–Crippen LogP) is 0.694. The summed E-state index contributed by atoms with van der Waals surface area (Å²) >= 11 is 0. The number of nitrogens with one attached hydrogen (secondary N) is 1. The second-order valence-corrected chi connectivity index (χ2v) is 4.35. The normalized spacial score (nSPS) is 11.4. The van der Waals surface area contributed by atoms with Crippen LogP contribution in [0.25, 0.3) is 0 Å². The lowest BCUT2D eigenvalue weighted by Crippen LogP contribution is -2.42. The number of carbonyl (C=O) groups is 4. The van der Waals surface area contributed by atoms with E-state index in [0.29, 0.717) is 5.56 Å². The molecular formula is C14H15NO6. The minimum Gasteiger partial charge on any atom is -0.481 e. The average molecular weight is 293 g/mol. The van der Waals surface area contributed by atoms with E-state index in [-0.39, 0.29) is 18.6 Å². The first-order valence-corrected chi connectivity index (χ1v) is 6.22. The van der Waals surface area contributed by atoms with Gasteiger partial charge in [0.2, 0.25) is 5.91 Å². The van der Waals surface area contributed by atoms with E-state index in [2.05, 4.69) is 5.32 Å². The molecule has 0 aliphatic rings. The topological polar surface area (TPSA) is 121 Å². The van der Waals surface area contributed by atoms with Crippen LogP contribution in [0.15, 0.2) is 30.3 Å². The van der Waals surface area contributed by atoms with Crippen molar-refractivity contribution in [3.05, 3.63) is 35.9 Å². The Kier molecular flexibility index (Phi) is 6.06. The molecule has 0 spiro atoms. The highest BCUT2D eigenvalue weighted by Crippen LogP contribution is 2.05. The first-order valence-electron chi connectivity index (χ1n) is 6.22. The Hall–Kier alpha value is -2.70. The largest absolute Gasteiger partial charge is 0.481 e. The standard InChI is InChI=1S/C14H15NO6/c16-11(9-4-2-1-3-5-9)6-7-12(17)15-10(14(20)21)8-13(18)19/h1-5,10H,6-8H2,(H,15,17)(H,18,19)(H,20,21). The van der Waals surface area contributed by atoms with Gasteiger partial charge in [-0.05, 0) is 0 Å². The average Bonchev–Trinajstić information content (AvgIpc) is 2.44. The first-order chi connectivity index (χ1) is 9.90. The number of amides is 1. The summed E-state index contributed by atoms with van der Waals surface area (Å²) in [5, 5.41) is 19.4. The van der Waals surface area contributed by atoms with Crippen LogP contribution >= 0.6 is 0 Å². The molecule has 0 saturated carbocycles. The molecule has 1 amide bonds. The van der Waals surface area contributed by atoms with Gasteiger partial charge in [0.25, 0.3) is 0 Å². The van der Waals surface area contributed by atoms with Crippen molar-refractivity contribution in [1.82, 2.24) is 5.32 Å². The summed E-state index contributed by atoms with van der Waals surface area (Å²) in [5.74, 6) is -3.67. The minimum absolute atomic E-state index is 0.0741. The lowest BCUT2D eigenvalue weighted by molar-refractivity contribution is -0.147. The Bertz CT molecular complexity index is 540. The smallest absolute Gasteiger partial charge is 0.326 e. The maximum absolute atomic E-state index is 11.8. The van der Waals surface area contributed by atoms with Gasteiger partial charge in [0.15, 0.2) is 5.78 Å². The minimum atomic E-state index is -1.50. The number of aliphatic carboxylic acids is 2. The van der Waals surface area contributed by atoms with Crippen LogP contribution in [0.1, 0.15) is 29.6 Å². The molecule has 21 heavy (non-hydrogen) atoms. The van der Waals surface area contributed by atoms with Gasteiger partial charge in [-0.2, -0.15) is 0 Å². The number of carboxylic acid groups (broad SMARTS) is 2. The van der Waals surface area contributed by atoms with E-state index in [1.165, 1.54) is 0 Å². The van der Waals surface area contributed by atoms with Crippen molar-refractivity contribution in [2.75, 3.05) is 0 Å². The maximum Gasteiger partial charge on any atom is 0.326 e. The van der Waals surface area contributed by atoms with E-state index in [1.807, 2.05) is 0 Å². The number of hydrogen-bond acceptors (Lipinski definition) is 4. The molecule has 1 aromatic rings. The van der Waals surface area contributed by atoms with Crippen LogP contribution in [0.3, 0.4) is 0 Å². The Balaban J connectivity index is 2.48. The van der Waals surface area contributed by atoms with Crippen LogP contribution in [-0.4, -0.2) is 39.9 Å². The summed E-state index contributed by atoms with van der Waals surface area (Å²) in [5.41, 5.74) is 0.464. The number of carbonyl (C=O) groups excluding carboxylic acids is 2. The number of Topliss-reactive ketones (excluding diaryl/α,β-unsaturated/α-hetero) is 1. The highest BCUT2D eigenvalue weighted by atomic mass is 16.4. The summed E-state index contributed by atoms with van der Waals surface area (Å²) < 4.78 is 0. The number of ketones is 1. The predicted molar refractivity (Wildman–Crippen MR) is 71.8 cm³/mol. The quantitative estimate of drug-likeness (QED) is 0.606. The zero-order valence-electron chi connectivity index (χ0n) is 11.1. The lowest BCUT2D eigenvalue weighted by atomic mass is 10.1. The number of benzene rings is 1. The second-order valence-electron chi connectivity index (χ2n) is 4.35. The van der Waals surface area contributed by atoms with Gasteiger partial charge in [-0.1, -0.05) is 30.3 Å². The molecule has 7 nitrogen and oxygen atoms in total. The zero-order chi connectivity index (χ0) is 15.8. The Morgan fingerprint density at radius 3 is 2.14 bits per heavy atom. The van der Waals surface area contributed by atoms with Crippen molar-refractivity contribution in [3.63, 3.8) is 0 Å². The van der Waals surface area contributed by atoms with Gasteiger partial charge < -0.3 is 15.5 Å². The van der Waals surface area contributed by atoms with Crippen LogP contribution in [0.2, 0.25) is 0 Å². The monoisotopic (exact) mass is 293 g/mol. The fourth-order valence-electron chi connectivity index (χ4n) is 1.64. The van der Waals surface area contributed by atoms with E-state index >= 15 is 0 Å². The molecule has 112 valence electrons. The molecule has 0 heterocycles. The fourth-order valence-corrected chi connectivity index (χ4v) is 1.64. The van der Waals surface area contributed by atoms with Crippen molar-refractivity contribution in [2.45, 2.75) is 25.3 Å². The summed E-state index contributed by atoms with van der Waals surface area (Å²) in [6.45, 7) is 0. The third-order valence-corrected chi connectivity index (χ3v) is 2.69. The molecule has 1 unspecified atom stereocenters. The molecule has 1 aromatic carbocycles. The Labute approximate surface area is 120 Å². The van der Waals surface area contributed by atoms with Crippen LogP contribution < -0.4 is 5.32 Å². The summed E-state index contributed by atoms with van der Waals surface area (Å²) in [7, 11) is 0. The lowest BCUT2D eigenvalue weighted by Gasteiger charge is -2.12. The van der Waals surface area contributed by atoms with E-state index in [4.69, 9.17) is 10.2 Å². The molecular weight excluding hydrogens is 278 g/mol. The first kappa shape index (κ1) is 16.4. The van der Waals surface area contributed by atoms with Gasteiger partial charge in [-0.25, -0.2) is 4.79 Å². The highest BCUT2D eigenvalue weighted by molar-refractivity contribution is 5.98. The number of rotatable bonds is 8. The summed E-state index contributed by atoms with van der Waals surface area (Å²) in [6.07, 6.45) is -0.986. The van der Waals surface area contributed by atoms with E-state index in [1.54, 1.807) is 30.3 Å². The van der Waals surface area contributed by atoms with Crippen LogP contribution in [0.5, 0.6) is 0 Å². The van der Waals surface area contributed by atoms with Crippen LogP contribution in [-0.2, 0) is 14.4 Å². The van der Waals surface area contributed by atoms with Gasteiger partial charge >= 0.3 is 11.9 Å². The third kappa shape index (κ3) is 5.85. The van der Waals surface area contributed by atoms with Gasteiger partial charge in [0.05, 0.1) is 6.42 Å². The van der Waals surface area contributed by atoms with Crippen molar-refractivity contribution in [1.29, 1.82) is 0 Å². The van der Waals surface area contributed by atoms with Crippen LogP contribution in [0.4, 0.5) is 0 Å². The van der Waals surface area contributed by atoms with Gasteiger partial charge in [-0.15, -0.1) is 0 Å². The number of carboxylic acids is 2. The molecule has 3 N–H and O–H groups in total. The van der Waals surface area contributed by atoms with Gasteiger partial charge in [-0.3, -0.25) is 14.4 Å². The fraction of sp³-hybridized carbons (Fsp3) is 0.286. The molecule has 0 aliphatic carbocycles. The van der Waals surface area contributed by atoms with Crippen LogP contribution in [0, 0.1) is 0 Å². The van der Waals surface area contributed by atoms with E-state index in [0.717, 1.165) is 0 Å². The molecule has 1 atom stereocenters. The number of hydrogen-bond donors (Lipinski definition) is 3. The molecule has 7 heteroatoms. The van der Waals surface area contributed by atoms with Crippen molar-refractivity contribution in [3.8, 4) is 0 Å². The Morgan fingerprint density at radius 1 is 1.00 bits per heavy atom. The molecule has 0 radical (unpaired) electrons. The van der Waals surface area contributed by atoms with Crippen molar-refractivity contribution >= 4 is 23.6 Å². The van der Waals surface area contributed by atoms with E-state index < -0.39 is 30.3 Å². The zero-order valence-corrected chi connectivity index (χ0v) is 11.1. The second kappa shape index (κ2) is 7.78. The summed E-state index contributed by atoms with van der Waals surface area (Å²) in [6, 6.07) is 6.88. The molecule has 0 saturated heterocycles. The maximum atomic E-state index is 11.8. The third-order valence-electron chi connectivity index (χ3n) is 2.69. The highest BCUT2D eigenvalue weighted by Gasteiger charge is 2.23. The van der Waals surface area contributed by atoms with Gasteiger partial charge in [0, 0.05) is 18.4 Å². The molecule has 0 aromatic heterocycles. The van der Waals surface area contributed by atoms with Crippen molar-refractivity contribution < 1.29 is 29.4 Å². The molecule has 0 aliphatic heterocycles. The van der Waals surface area contributed by atoms with Gasteiger partial charge in [0.1, 0.15) is 6.04 Å². The molecule has 0 bridgehead atoms. The summed E-state index contributed by atoms with van der Waals surface area (Å²) in [4.78, 5) is 44.6.